The SMILES string of the molecule is O=C(COc1coc(CN2CCOCC2)cc1=O)N[C@H]1CCS(=O)(=O)C1. The summed E-state index contributed by atoms with van der Waals surface area (Å²) >= 11 is 0. The second kappa shape index (κ2) is 8.19. The van der Waals surface area contributed by atoms with Crippen LogP contribution >= 0.6 is 0 Å². The number of morpholine rings is 1. The first-order valence-electron chi connectivity index (χ1n) is 8.46. The smallest absolute Gasteiger partial charge is 0.258 e. The van der Waals surface area contributed by atoms with Gasteiger partial charge >= 0.3 is 0 Å². The molecule has 9 nitrogen and oxygen atoms in total. The zero-order chi connectivity index (χ0) is 18.6. The molecule has 0 aromatic carbocycles. The van der Waals surface area contributed by atoms with E-state index in [1.54, 1.807) is 0 Å². The molecular weight excluding hydrogens is 364 g/mol. The molecule has 2 aliphatic heterocycles. The molecule has 0 bridgehead atoms. The van der Waals surface area contributed by atoms with Crippen LogP contribution in [0.4, 0.5) is 0 Å². The highest BCUT2D eigenvalue weighted by Crippen LogP contribution is 2.12. The van der Waals surface area contributed by atoms with Crippen LogP contribution in [0.5, 0.6) is 5.75 Å². The fourth-order valence-corrected chi connectivity index (χ4v) is 4.60. The van der Waals surface area contributed by atoms with Gasteiger partial charge in [-0.05, 0) is 6.42 Å². The van der Waals surface area contributed by atoms with Crippen molar-refractivity contribution in [1.29, 1.82) is 0 Å². The van der Waals surface area contributed by atoms with Crippen molar-refractivity contribution in [2.45, 2.75) is 19.0 Å². The molecule has 10 heteroatoms. The van der Waals surface area contributed by atoms with Gasteiger partial charge in [-0.15, -0.1) is 0 Å². The summed E-state index contributed by atoms with van der Waals surface area (Å²) in [6, 6.07) is 0.954. The number of rotatable bonds is 6. The second-order valence-corrected chi connectivity index (χ2v) is 8.65. The summed E-state index contributed by atoms with van der Waals surface area (Å²) in [7, 11) is -3.06. The van der Waals surface area contributed by atoms with Crippen molar-refractivity contribution in [2.75, 3.05) is 44.4 Å². The minimum atomic E-state index is -3.06. The van der Waals surface area contributed by atoms with Gasteiger partial charge in [-0.3, -0.25) is 14.5 Å². The Morgan fingerprint density at radius 2 is 2.12 bits per heavy atom. The van der Waals surface area contributed by atoms with Crippen LogP contribution in [0.2, 0.25) is 0 Å². The zero-order valence-corrected chi connectivity index (χ0v) is 15.1. The number of nitrogens with zero attached hydrogens (tertiary/aromatic N) is 1. The average Bonchev–Trinajstić information content (AvgIpc) is 2.93. The first kappa shape index (κ1) is 18.9. The Hall–Kier alpha value is -1.91. The topological polar surface area (TPSA) is 115 Å². The molecule has 2 fully saturated rings. The van der Waals surface area contributed by atoms with Crippen LogP contribution in [0, 0.1) is 0 Å². The predicted octanol–water partition coefficient (Wildman–Crippen LogP) is -0.846. The first-order chi connectivity index (χ1) is 12.4. The molecule has 144 valence electrons. The van der Waals surface area contributed by atoms with E-state index in [1.165, 1.54) is 12.3 Å². The van der Waals surface area contributed by atoms with Gasteiger partial charge in [0.15, 0.2) is 16.4 Å². The van der Waals surface area contributed by atoms with E-state index in [-0.39, 0.29) is 29.3 Å². The van der Waals surface area contributed by atoms with E-state index >= 15 is 0 Å². The highest BCUT2D eigenvalue weighted by molar-refractivity contribution is 7.91. The highest BCUT2D eigenvalue weighted by atomic mass is 32.2. The minimum absolute atomic E-state index is 0.0510. The zero-order valence-electron chi connectivity index (χ0n) is 14.3. The number of amides is 1. The van der Waals surface area contributed by atoms with Gasteiger partial charge in [-0.25, -0.2) is 8.42 Å². The van der Waals surface area contributed by atoms with Crippen molar-refractivity contribution < 1.29 is 27.1 Å². The Bertz CT molecular complexity index is 799. The van der Waals surface area contributed by atoms with Gasteiger partial charge in [-0.1, -0.05) is 0 Å². The fourth-order valence-electron chi connectivity index (χ4n) is 2.93. The number of nitrogens with one attached hydrogen (secondary N) is 1. The highest BCUT2D eigenvalue weighted by Gasteiger charge is 2.29. The maximum Gasteiger partial charge on any atom is 0.258 e. The van der Waals surface area contributed by atoms with E-state index in [4.69, 9.17) is 13.9 Å². The summed E-state index contributed by atoms with van der Waals surface area (Å²) in [4.78, 5) is 26.0. The fraction of sp³-hybridized carbons (Fsp3) is 0.625. The van der Waals surface area contributed by atoms with Crippen molar-refractivity contribution >= 4 is 15.7 Å². The second-order valence-electron chi connectivity index (χ2n) is 6.42. The van der Waals surface area contributed by atoms with Gasteiger partial charge in [0.2, 0.25) is 11.2 Å². The molecule has 0 saturated carbocycles. The standard InChI is InChI=1S/C16H22N2O7S/c19-14-7-13(8-18-2-4-23-5-3-18)24-9-15(14)25-10-16(20)17-12-1-6-26(21,22)11-12/h7,9,12H,1-6,8,10-11H2,(H,17,20)/t12-/m0/s1. The Morgan fingerprint density at radius 3 is 2.77 bits per heavy atom. The Labute approximate surface area is 151 Å². The number of carbonyl (C=O) groups is 1. The summed E-state index contributed by atoms with van der Waals surface area (Å²) in [6.45, 7) is 3.00. The summed E-state index contributed by atoms with van der Waals surface area (Å²) in [5, 5.41) is 2.60. The van der Waals surface area contributed by atoms with Crippen LogP contribution in [0.25, 0.3) is 0 Å². The molecule has 0 unspecified atom stereocenters. The van der Waals surface area contributed by atoms with Crippen LogP contribution in [-0.2, 0) is 25.9 Å². The first-order valence-corrected chi connectivity index (χ1v) is 10.3. The lowest BCUT2D eigenvalue weighted by Crippen LogP contribution is -2.38. The van der Waals surface area contributed by atoms with Crippen molar-refractivity contribution in [3.05, 3.63) is 28.3 Å². The summed E-state index contributed by atoms with van der Waals surface area (Å²) in [5.41, 5.74) is -0.365. The van der Waals surface area contributed by atoms with Crippen molar-refractivity contribution in [3.8, 4) is 5.75 Å². The number of hydrogen-bond acceptors (Lipinski definition) is 8. The van der Waals surface area contributed by atoms with E-state index in [1.807, 2.05) is 0 Å². The number of sulfone groups is 1. The Balaban J connectivity index is 1.48. The third kappa shape index (κ3) is 5.29. The average molecular weight is 386 g/mol. The number of ether oxygens (including phenoxy) is 2. The molecule has 0 spiro atoms. The molecule has 2 aliphatic rings. The third-order valence-corrected chi connectivity index (χ3v) is 6.06. The molecule has 1 amide bonds. The summed E-state index contributed by atoms with van der Waals surface area (Å²) < 4.78 is 38.6. The van der Waals surface area contributed by atoms with Gasteiger partial charge in [0.05, 0.1) is 31.3 Å². The monoisotopic (exact) mass is 386 g/mol. The number of hydrogen-bond donors (Lipinski definition) is 1. The van der Waals surface area contributed by atoms with E-state index in [2.05, 4.69) is 10.2 Å². The van der Waals surface area contributed by atoms with E-state index in [9.17, 15) is 18.0 Å². The third-order valence-electron chi connectivity index (χ3n) is 4.29. The lowest BCUT2D eigenvalue weighted by atomic mass is 10.2. The molecular formula is C16H22N2O7S. The van der Waals surface area contributed by atoms with Crippen LogP contribution < -0.4 is 15.5 Å². The lowest BCUT2D eigenvalue weighted by Gasteiger charge is -2.25. The van der Waals surface area contributed by atoms with Crippen molar-refractivity contribution in [1.82, 2.24) is 10.2 Å². The maximum absolute atomic E-state index is 12.1. The van der Waals surface area contributed by atoms with Crippen molar-refractivity contribution in [2.24, 2.45) is 0 Å². The molecule has 3 rings (SSSR count). The van der Waals surface area contributed by atoms with Gasteiger partial charge in [0, 0.05) is 25.2 Å². The predicted molar refractivity (Wildman–Crippen MR) is 91.8 cm³/mol. The van der Waals surface area contributed by atoms with Crippen LogP contribution in [0.3, 0.4) is 0 Å². The van der Waals surface area contributed by atoms with Gasteiger partial charge in [-0.2, -0.15) is 0 Å². The molecule has 1 atom stereocenters. The molecule has 26 heavy (non-hydrogen) atoms. The Kier molecular flexibility index (Phi) is 5.94. The molecule has 0 aliphatic carbocycles. The summed E-state index contributed by atoms with van der Waals surface area (Å²) in [5.74, 6) is 0.0167. The molecule has 1 N–H and O–H groups in total. The normalized spacial score (nSPS) is 22.8. The van der Waals surface area contributed by atoms with Gasteiger partial charge in [0.25, 0.3) is 5.91 Å². The van der Waals surface area contributed by atoms with E-state index in [0.717, 1.165) is 13.1 Å². The van der Waals surface area contributed by atoms with Gasteiger partial charge in [0.1, 0.15) is 12.0 Å². The minimum Gasteiger partial charge on any atom is -0.477 e. The van der Waals surface area contributed by atoms with Gasteiger partial charge < -0.3 is 19.2 Å². The van der Waals surface area contributed by atoms with Crippen LogP contribution in [0.1, 0.15) is 12.2 Å². The van der Waals surface area contributed by atoms with E-state index in [0.29, 0.717) is 31.9 Å². The molecule has 0 radical (unpaired) electrons. The number of carbonyl (C=O) groups excluding carboxylic acids is 1. The quantitative estimate of drug-likeness (QED) is 0.673. The van der Waals surface area contributed by atoms with Crippen LogP contribution in [0.15, 0.2) is 21.5 Å². The van der Waals surface area contributed by atoms with E-state index < -0.39 is 21.8 Å². The largest absolute Gasteiger partial charge is 0.477 e. The summed E-state index contributed by atoms with van der Waals surface area (Å²) in [6.07, 6.45) is 1.60. The van der Waals surface area contributed by atoms with Crippen molar-refractivity contribution in [3.63, 3.8) is 0 Å². The Morgan fingerprint density at radius 1 is 1.35 bits per heavy atom. The molecule has 2 saturated heterocycles. The molecule has 1 aromatic rings. The van der Waals surface area contributed by atoms with Crippen LogP contribution in [-0.4, -0.2) is 69.7 Å². The lowest BCUT2D eigenvalue weighted by molar-refractivity contribution is -0.123. The maximum atomic E-state index is 12.1. The molecule has 3 heterocycles. The molecule has 1 aromatic heterocycles.